The van der Waals surface area contributed by atoms with Gasteiger partial charge in [0.1, 0.15) is 9.65 Å². The number of amides is 1. The number of hydrogen-bond donors (Lipinski definition) is 2. The molecule has 0 saturated carbocycles. The first kappa shape index (κ1) is 13.2. The fourth-order valence-corrected chi connectivity index (χ4v) is 1.57. The predicted molar refractivity (Wildman–Crippen MR) is 68.1 cm³/mol. The lowest BCUT2D eigenvalue weighted by Crippen LogP contribution is -2.34. The summed E-state index contributed by atoms with van der Waals surface area (Å²) in [5.74, 6) is -1.50. The van der Waals surface area contributed by atoms with E-state index in [1.54, 1.807) is 24.3 Å². The van der Waals surface area contributed by atoms with Gasteiger partial charge in [0.2, 0.25) is 5.91 Å². The van der Waals surface area contributed by atoms with Crippen molar-refractivity contribution in [1.29, 1.82) is 0 Å². The number of hydrogen-bond acceptors (Lipinski definition) is 2. The number of benzene rings is 1. The molecule has 0 aliphatic carbocycles. The quantitative estimate of drug-likeness (QED) is 0.818. The highest BCUT2D eigenvalue weighted by Gasteiger charge is 2.29. The summed E-state index contributed by atoms with van der Waals surface area (Å²) in [5, 5.41) is 11.3. The maximum Gasteiger partial charge on any atom is 0.318 e. The number of rotatable bonds is 4. The normalized spacial score (nSPS) is 13.9. The van der Waals surface area contributed by atoms with Crippen LogP contribution in [0.5, 0.6) is 0 Å². The number of halogens is 2. The maximum absolute atomic E-state index is 11.6. The van der Waals surface area contributed by atoms with Gasteiger partial charge in [0, 0.05) is 5.69 Å². The Hall–Kier alpha value is -0.880. The second-order valence-corrected chi connectivity index (χ2v) is 4.97. The number of alkyl halides is 2. The van der Waals surface area contributed by atoms with Gasteiger partial charge in [-0.3, -0.25) is 9.59 Å². The van der Waals surface area contributed by atoms with E-state index >= 15 is 0 Å². The zero-order valence-corrected chi connectivity index (χ0v) is 11.2. The molecular formula is C10H9Br2NO3. The van der Waals surface area contributed by atoms with Crippen molar-refractivity contribution in [3.05, 3.63) is 30.3 Å². The molecule has 2 atom stereocenters. The Bertz CT molecular complexity index is 383. The van der Waals surface area contributed by atoms with Gasteiger partial charge in [-0.25, -0.2) is 0 Å². The Kier molecular flexibility index (Phi) is 4.95. The Morgan fingerprint density at radius 2 is 1.69 bits per heavy atom. The Morgan fingerprint density at radius 1 is 1.12 bits per heavy atom. The van der Waals surface area contributed by atoms with Gasteiger partial charge in [-0.15, -0.1) is 0 Å². The highest BCUT2D eigenvalue weighted by Crippen LogP contribution is 2.17. The second-order valence-electron chi connectivity index (χ2n) is 3.00. The van der Waals surface area contributed by atoms with Crippen LogP contribution < -0.4 is 5.32 Å². The van der Waals surface area contributed by atoms with Crippen LogP contribution in [0.4, 0.5) is 5.69 Å². The molecule has 0 bridgehead atoms. The number of para-hydroxylation sites is 1. The zero-order chi connectivity index (χ0) is 12.1. The van der Waals surface area contributed by atoms with Gasteiger partial charge in [-0.05, 0) is 12.1 Å². The standard InChI is InChI=1S/C10H9Br2NO3/c11-7(8(12)10(15)16)9(14)13-6-4-2-1-3-5-6/h1-5,7-8H,(H,13,14)(H,15,16)/t7-,8-/m1/s1. The Labute approximate surface area is 109 Å². The fourth-order valence-electron chi connectivity index (χ4n) is 0.991. The molecule has 0 heterocycles. The van der Waals surface area contributed by atoms with Crippen molar-refractivity contribution in [3.8, 4) is 0 Å². The van der Waals surface area contributed by atoms with Gasteiger partial charge in [0.25, 0.3) is 0 Å². The molecule has 1 rings (SSSR count). The van der Waals surface area contributed by atoms with Crippen LogP contribution in [-0.2, 0) is 9.59 Å². The summed E-state index contributed by atoms with van der Waals surface area (Å²) in [6.07, 6.45) is 0. The summed E-state index contributed by atoms with van der Waals surface area (Å²) in [7, 11) is 0. The molecule has 0 aliphatic rings. The van der Waals surface area contributed by atoms with Crippen LogP contribution in [0.1, 0.15) is 0 Å². The lowest BCUT2D eigenvalue weighted by molar-refractivity contribution is -0.137. The maximum atomic E-state index is 11.6. The number of nitrogens with one attached hydrogen (secondary N) is 1. The third kappa shape index (κ3) is 3.61. The van der Waals surface area contributed by atoms with Crippen LogP contribution in [0.2, 0.25) is 0 Å². The van der Waals surface area contributed by atoms with Crippen LogP contribution in [0.3, 0.4) is 0 Å². The van der Waals surface area contributed by atoms with Crippen molar-refractivity contribution in [2.75, 3.05) is 5.32 Å². The third-order valence-electron chi connectivity index (χ3n) is 1.78. The van der Waals surface area contributed by atoms with Crippen LogP contribution in [0.15, 0.2) is 30.3 Å². The van der Waals surface area contributed by atoms with Gasteiger partial charge in [-0.2, -0.15) is 0 Å². The summed E-state index contributed by atoms with van der Waals surface area (Å²) >= 11 is 5.94. The van der Waals surface area contributed by atoms with E-state index in [0.29, 0.717) is 5.69 Å². The van der Waals surface area contributed by atoms with Crippen molar-refractivity contribution in [1.82, 2.24) is 0 Å². The lowest BCUT2D eigenvalue weighted by atomic mass is 10.2. The zero-order valence-electron chi connectivity index (χ0n) is 8.06. The van der Waals surface area contributed by atoms with Gasteiger partial charge >= 0.3 is 5.97 Å². The van der Waals surface area contributed by atoms with E-state index in [-0.39, 0.29) is 0 Å². The van der Waals surface area contributed by atoms with Crippen LogP contribution in [-0.4, -0.2) is 26.6 Å². The van der Waals surface area contributed by atoms with Gasteiger partial charge < -0.3 is 10.4 Å². The monoisotopic (exact) mass is 349 g/mol. The van der Waals surface area contributed by atoms with Crippen molar-refractivity contribution >= 4 is 49.4 Å². The fraction of sp³-hybridized carbons (Fsp3) is 0.200. The van der Waals surface area contributed by atoms with Crippen LogP contribution in [0, 0.1) is 0 Å². The van der Waals surface area contributed by atoms with E-state index in [0.717, 1.165) is 0 Å². The number of carboxylic acid groups (broad SMARTS) is 1. The molecule has 16 heavy (non-hydrogen) atoms. The number of carbonyl (C=O) groups is 2. The molecule has 1 aromatic carbocycles. The minimum Gasteiger partial charge on any atom is -0.480 e. The minimum atomic E-state index is -1.09. The van der Waals surface area contributed by atoms with Crippen molar-refractivity contribution < 1.29 is 14.7 Å². The van der Waals surface area contributed by atoms with Gasteiger partial charge in [0.05, 0.1) is 0 Å². The van der Waals surface area contributed by atoms with Crippen molar-refractivity contribution in [2.45, 2.75) is 9.65 Å². The summed E-state index contributed by atoms with van der Waals surface area (Å²) in [4.78, 5) is 20.5. The molecule has 0 saturated heterocycles. The molecule has 2 N–H and O–H groups in total. The molecule has 86 valence electrons. The molecule has 0 aromatic heterocycles. The SMILES string of the molecule is O=C(O)[C@H](Br)[C@@H](Br)C(=O)Nc1ccccc1. The molecule has 6 heteroatoms. The Balaban J connectivity index is 2.63. The van der Waals surface area contributed by atoms with Gasteiger partial charge in [0.15, 0.2) is 0 Å². The molecule has 0 fully saturated rings. The third-order valence-corrected chi connectivity index (χ3v) is 4.36. The first-order valence-electron chi connectivity index (χ1n) is 4.39. The smallest absolute Gasteiger partial charge is 0.318 e. The molecule has 0 spiro atoms. The predicted octanol–water partition coefficient (Wildman–Crippen LogP) is 2.24. The number of aliphatic carboxylic acids is 1. The molecule has 1 aromatic rings. The second kappa shape index (κ2) is 6.00. The number of carboxylic acids is 1. The first-order valence-corrected chi connectivity index (χ1v) is 6.22. The number of anilines is 1. The molecule has 4 nitrogen and oxygen atoms in total. The van der Waals surface area contributed by atoms with Crippen LogP contribution in [0.25, 0.3) is 0 Å². The van der Waals surface area contributed by atoms with Crippen LogP contribution >= 0.6 is 31.9 Å². The van der Waals surface area contributed by atoms with E-state index in [2.05, 4.69) is 37.2 Å². The largest absolute Gasteiger partial charge is 0.480 e. The van der Waals surface area contributed by atoms with Gasteiger partial charge in [-0.1, -0.05) is 50.1 Å². The number of carbonyl (C=O) groups excluding carboxylic acids is 1. The van der Waals surface area contributed by atoms with E-state index < -0.39 is 21.5 Å². The van der Waals surface area contributed by atoms with Crippen molar-refractivity contribution in [3.63, 3.8) is 0 Å². The molecule has 0 radical (unpaired) electrons. The molecular weight excluding hydrogens is 342 g/mol. The summed E-state index contributed by atoms with van der Waals surface area (Å²) in [6, 6.07) is 8.83. The summed E-state index contributed by atoms with van der Waals surface area (Å²) < 4.78 is 0. The van der Waals surface area contributed by atoms with E-state index in [9.17, 15) is 9.59 Å². The van der Waals surface area contributed by atoms with E-state index in [4.69, 9.17) is 5.11 Å². The molecule has 0 aliphatic heterocycles. The average Bonchev–Trinajstić information content (AvgIpc) is 2.28. The minimum absolute atomic E-state index is 0.407. The summed E-state index contributed by atoms with van der Waals surface area (Å²) in [6.45, 7) is 0. The molecule has 0 unspecified atom stereocenters. The topological polar surface area (TPSA) is 66.4 Å². The van der Waals surface area contributed by atoms with E-state index in [1.807, 2.05) is 6.07 Å². The highest BCUT2D eigenvalue weighted by atomic mass is 79.9. The molecule has 1 amide bonds. The Morgan fingerprint density at radius 3 is 2.19 bits per heavy atom. The first-order chi connectivity index (χ1) is 7.52. The van der Waals surface area contributed by atoms with Crippen molar-refractivity contribution in [2.24, 2.45) is 0 Å². The van der Waals surface area contributed by atoms with E-state index in [1.165, 1.54) is 0 Å². The highest BCUT2D eigenvalue weighted by molar-refractivity contribution is 9.12. The summed E-state index contributed by atoms with van der Waals surface area (Å²) in [5.41, 5.74) is 0.627. The lowest BCUT2D eigenvalue weighted by Gasteiger charge is -2.12. The average molecular weight is 351 g/mol.